The van der Waals surface area contributed by atoms with Gasteiger partial charge in [-0.05, 0) is 99.8 Å². The summed E-state index contributed by atoms with van der Waals surface area (Å²) >= 11 is 0. The van der Waals surface area contributed by atoms with Gasteiger partial charge in [0.2, 0.25) is 0 Å². The SMILES string of the molecule is C(=C\c1ccc2c(c1)c(-c1ccccc1)c(-c1ccccc1)n2-c1ccccc1)/c1ccc2cc(N(c3ccccc3)c3ccccc3)ccc2c1. The van der Waals surface area contributed by atoms with Crippen LogP contribution in [0.15, 0.2) is 206 Å². The van der Waals surface area contributed by atoms with Gasteiger partial charge in [0.15, 0.2) is 0 Å². The average Bonchev–Trinajstić information content (AvgIpc) is 3.56. The van der Waals surface area contributed by atoms with Crippen LogP contribution in [0, 0.1) is 0 Å². The quantitative estimate of drug-likeness (QED) is 0.147. The number of rotatable bonds is 8. The second kappa shape index (κ2) is 13.8. The molecule has 0 aliphatic carbocycles. The van der Waals surface area contributed by atoms with Gasteiger partial charge in [-0.25, -0.2) is 0 Å². The van der Waals surface area contributed by atoms with E-state index in [-0.39, 0.29) is 0 Å². The van der Waals surface area contributed by atoms with Crippen molar-refractivity contribution in [3.05, 3.63) is 217 Å². The average molecular weight is 665 g/mol. The van der Waals surface area contributed by atoms with E-state index < -0.39 is 0 Å². The molecule has 0 amide bonds. The van der Waals surface area contributed by atoms with Crippen molar-refractivity contribution < 1.29 is 0 Å². The number of benzene rings is 8. The van der Waals surface area contributed by atoms with E-state index >= 15 is 0 Å². The fourth-order valence-corrected chi connectivity index (χ4v) is 7.31. The number of nitrogens with zero attached hydrogens (tertiary/aromatic N) is 2. The minimum absolute atomic E-state index is 1.13. The Morgan fingerprint density at radius 3 is 1.52 bits per heavy atom. The summed E-state index contributed by atoms with van der Waals surface area (Å²) in [7, 11) is 0. The maximum Gasteiger partial charge on any atom is 0.0619 e. The predicted octanol–water partition coefficient (Wildman–Crippen LogP) is 13.8. The summed E-state index contributed by atoms with van der Waals surface area (Å²) in [4.78, 5) is 2.31. The monoisotopic (exact) mass is 664 g/mol. The number of hydrogen-bond acceptors (Lipinski definition) is 1. The van der Waals surface area contributed by atoms with Crippen LogP contribution in [-0.4, -0.2) is 4.57 Å². The summed E-state index contributed by atoms with van der Waals surface area (Å²) in [6.45, 7) is 0. The highest BCUT2D eigenvalue weighted by Gasteiger charge is 2.21. The maximum absolute atomic E-state index is 2.41. The minimum atomic E-state index is 1.13. The third kappa shape index (κ3) is 5.97. The van der Waals surface area contributed by atoms with Crippen LogP contribution in [0.3, 0.4) is 0 Å². The molecule has 0 aliphatic rings. The summed E-state index contributed by atoms with van der Waals surface area (Å²) in [5.74, 6) is 0. The van der Waals surface area contributed by atoms with Crippen LogP contribution in [0.1, 0.15) is 11.1 Å². The van der Waals surface area contributed by atoms with Crippen molar-refractivity contribution in [1.29, 1.82) is 0 Å². The third-order valence-corrected chi connectivity index (χ3v) is 9.72. The van der Waals surface area contributed by atoms with Gasteiger partial charge >= 0.3 is 0 Å². The van der Waals surface area contributed by atoms with Crippen molar-refractivity contribution in [2.75, 3.05) is 4.90 Å². The van der Waals surface area contributed by atoms with E-state index in [9.17, 15) is 0 Å². The molecule has 0 N–H and O–H groups in total. The Bertz CT molecular complexity index is 2600. The number of para-hydroxylation sites is 3. The molecule has 1 heterocycles. The molecule has 0 saturated carbocycles. The highest BCUT2D eigenvalue weighted by atomic mass is 15.1. The van der Waals surface area contributed by atoms with Crippen molar-refractivity contribution in [3.63, 3.8) is 0 Å². The van der Waals surface area contributed by atoms with Crippen LogP contribution in [-0.2, 0) is 0 Å². The molecule has 0 spiro atoms. The minimum Gasteiger partial charge on any atom is -0.310 e. The standard InChI is InChI=1S/C50H36N2/c1-6-16-39(17-7-1)49-47-35-38(29-33-48(47)52(45-24-14-5-15-25-45)50(49)40-18-8-2-9-19-40)27-26-37-28-30-42-36-46(32-31-41(42)34-37)51(43-20-10-3-11-21-43)44-22-12-4-13-23-44/h1-36H/b27-26+. The van der Waals surface area contributed by atoms with Gasteiger partial charge < -0.3 is 9.47 Å². The highest BCUT2D eigenvalue weighted by Crippen LogP contribution is 2.43. The molecule has 0 aliphatic heterocycles. The van der Waals surface area contributed by atoms with Crippen molar-refractivity contribution in [2.45, 2.75) is 0 Å². The molecule has 9 rings (SSSR count). The van der Waals surface area contributed by atoms with Crippen LogP contribution < -0.4 is 4.90 Å². The molecular weight excluding hydrogens is 629 g/mol. The molecule has 52 heavy (non-hydrogen) atoms. The molecule has 0 fully saturated rings. The van der Waals surface area contributed by atoms with Crippen molar-refractivity contribution in [3.8, 4) is 28.1 Å². The fraction of sp³-hybridized carbons (Fsp3) is 0. The Balaban J connectivity index is 1.11. The molecular formula is C50H36N2. The topological polar surface area (TPSA) is 8.17 Å². The van der Waals surface area contributed by atoms with E-state index in [1.54, 1.807) is 0 Å². The summed E-state index contributed by atoms with van der Waals surface area (Å²) in [5, 5.41) is 3.64. The normalized spacial score (nSPS) is 11.4. The first-order chi connectivity index (χ1) is 25.8. The van der Waals surface area contributed by atoms with E-state index in [4.69, 9.17) is 0 Å². The number of fused-ring (bicyclic) bond motifs is 2. The van der Waals surface area contributed by atoms with Crippen LogP contribution >= 0.6 is 0 Å². The Morgan fingerprint density at radius 1 is 0.385 bits per heavy atom. The lowest BCUT2D eigenvalue weighted by Crippen LogP contribution is -2.09. The molecule has 9 aromatic rings. The van der Waals surface area contributed by atoms with Crippen LogP contribution in [0.4, 0.5) is 17.1 Å². The van der Waals surface area contributed by atoms with Gasteiger partial charge in [0.25, 0.3) is 0 Å². The second-order valence-electron chi connectivity index (χ2n) is 13.0. The Kier molecular flexibility index (Phi) is 8.24. The molecule has 0 saturated heterocycles. The molecule has 0 unspecified atom stereocenters. The Hall–Kier alpha value is -6.90. The van der Waals surface area contributed by atoms with Gasteiger partial charge in [-0.15, -0.1) is 0 Å². The van der Waals surface area contributed by atoms with Crippen LogP contribution in [0.2, 0.25) is 0 Å². The number of aromatic nitrogens is 1. The first-order valence-corrected chi connectivity index (χ1v) is 17.8. The predicted molar refractivity (Wildman–Crippen MR) is 222 cm³/mol. The lowest BCUT2D eigenvalue weighted by Gasteiger charge is -2.25. The van der Waals surface area contributed by atoms with E-state index in [1.807, 2.05) is 0 Å². The molecule has 2 heteroatoms. The summed E-state index contributed by atoms with van der Waals surface area (Å²) in [6.07, 6.45) is 4.46. The van der Waals surface area contributed by atoms with E-state index in [0.717, 1.165) is 28.3 Å². The van der Waals surface area contributed by atoms with Gasteiger partial charge in [-0.3, -0.25) is 0 Å². The molecule has 8 aromatic carbocycles. The van der Waals surface area contributed by atoms with Crippen molar-refractivity contribution in [1.82, 2.24) is 4.57 Å². The smallest absolute Gasteiger partial charge is 0.0619 e. The van der Waals surface area contributed by atoms with Gasteiger partial charge in [0.1, 0.15) is 0 Å². The molecule has 0 atom stereocenters. The third-order valence-electron chi connectivity index (χ3n) is 9.72. The lowest BCUT2D eigenvalue weighted by molar-refractivity contribution is 1.13. The largest absolute Gasteiger partial charge is 0.310 e. The maximum atomic E-state index is 2.41. The summed E-state index contributed by atoms with van der Waals surface area (Å²) in [6, 6.07) is 73.6. The Labute approximate surface area is 304 Å². The zero-order valence-corrected chi connectivity index (χ0v) is 28.7. The van der Waals surface area contributed by atoms with Crippen molar-refractivity contribution >= 4 is 50.9 Å². The van der Waals surface area contributed by atoms with Crippen LogP contribution in [0.25, 0.3) is 61.9 Å². The van der Waals surface area contributed by atoms with Gasteiger partial charge in [0.05, 0.1) is 11.2 Å². The molecule has 2 nitrogen and oxygen atoms in total. The first-order valence-electron chi connectivity index (χ1n) is 17.8. The number of hydrogen-bond donors (Lipinski definition) is 0. The summed E-state index contributed by atoms with van der Waals surface area (Å²) < 4.78 is 2.41. The number of anilines is 3. The zero-order valence-electron chi connectivity index (χ0n) is 28.7. The van der Waals surface area contributed by atoms with E-state index in [2.05, 4.69) is 228 Å². The second-order valence-corrected chi connectivity index (χ2v) is 13.0. The van der Waals surface area contributed by atoms with Gasteiger partial charge in [0, 0.05) is 33.7 Å². The van der Waals surface area contributed by atoms with Gasteiger partial charge in [-0.2, -0.15) is 0 Å². The fourth-order valence-electron chi connectivity index (χ4n) is 7.31. The van der Waals surface area contributed by atoms with E-state index in [1.165, 1.54) is 49.6 Å². The Morgan fingerprint density at radius 2 is 0.885 bits per heavy atom. The molecule has 0 bridgehead atoms. The van der Waals surface area contributed by atoms with Gasteiger partial charge in [-0.1, -0.05) is 152 Å². The molecule has 0 radical (unpaired) electrons. The van der Waals surface area contributed by atoms with E-state index in [0.29, 0.717) is 0 Å². The summed E-state index contributed by atoms with van der Waals surface area (Å²) in [5.41, 5.74) is 12.9. The first kappa shape index (κ1) is 31.1. The van der Waals surface area contributed by atoms with Crippen molar-refractivity contribution in [2.24, 2.45) is 0 Å². The van der Waals surface area contributed by atoms with Crippen LogP contribution in [0.5, 0.6) is 0 Å². The highest BCUT2D eigenvalue weighted by molar-refractivity contribution is 6.06. The molecule has 1 aromatic heterocycles. The zero-order chi connectivity index (χ0) is 34.7. The molecule has 246 valence electrons. The lowest BCUT2D eigenvalue weighted by atomic mass is 9.97.